The third-order valence-corrected chi connectivity index (χ3v) is 5.77. The number of hydrogen-bond donors (Lipinski definition) is 0. The van der Waals surface area contributed by atoms with Crippen LogP contribution in [0.25, 0.3) is 0 Å². The minimum absolute atomic E-state index is 0.353. The standard InChI is InChI=1S/C23H43FO2/c24-20-22(21-25)16-12-9-7-5-3-1-2-4-6-8-10-15-19-26-23-17-13-11-14-18-23/h21-23H,1-20H2. The van der Waals surface area contributed by atoms with Crippen LogP contribution in [0.15, 0.2) is 0 Å². The highest BCUT2D eigenvalue weighted by Gasteiger charge is 2.12. The van der Waals surface area contributed by atoms with E-state index in [0.717, 1.165) is 32.2 Å². The van der Waals surface area contributed by atoms with E-state index in [1.54, 1.807) is 0 Å². The fourth-order valence-electron chi connectivity index (χ4n) is 3.94. The van der Waals surface area contributed by atoms with Gasteiger partial charge in [0.1, 0.15) is 6.29 Å². The molecule has 0 saturated heterocycles. The van der Waals surface area contributed by atoms with Gasteiger partial charge in [-0.2, -0.15) is 0 Å². The third-order valence-electron chi connectivity index (χ3n) is 5.77. The summed E-state index contributed by atoms with van der Waals surface area (Å²) in [4.78, 5) is 10.5. The highest BCUT2D eigenvalue weighted by Crippen LogP contribution is 2.20. The van der Waals surface area contributed by atoms with Crippen molar-refractivity contribution in [3.63, 3.8) is 0 Å². The average molecular weight is 371 g/mol. The van der Waals surface area contributed by atoms with Gasteiger partial charge >= 0.3 is 0 Å². The molecule has 1 atom stereocenters. The van der Waals surface area contributed by atoms with Gasteiger partial charge in [0.05, 0.1) is 12.8 Å². The molecule has 0 amide bonds. The van der Waals surface area contributed by atoms with Crippen molar-refractivity contribution in [2.24, 2.45) is 5.92 Å². The Hall–Kier alpha value is -0.440. The van der Waals surface area contributed by atoms with E-state index in [1.807, 2.05) is 0 Å². The number of halogens is 1. The lowest BCUT2D eigenvalue weighted by Gasteiger charge is -2.21. The molecule has 154 valence electrons. The minimum atomic E-state index is -0.489. The Labute approximate surface area is 161 Å². The summed E-state index contributed by atoms with van der Waals surface area (Å²) in [5, 5.41) is 0. The molecule has 0 radical (unpaired) electrons. The molecule has 0 aromatic rings. The van der Waals surface area contributed by atoms with Crippen LogP contribution >= 0.6 is 0 Å². The fourth-order valence-corrected chi connectivity index (χ4v) is 3.94. The summed E-state index contributed by atoms with van der Waals surface area (Å²) < 4.78 is 18.3. The molecule has 0 bridgehead atoms. The quantitative estimate of drug-likeness (QED) is 0.188. The van der Waals surface area contributed by atoms with Gasteiger partial charge in [-0.15, -0.1) is 0 Å². The van der Waals surface area contributed by atoms with E-state index in [4.69, 9.17) is 4.74 Å². The first kappa shape index (κ1) is 23.6. The van der Waals surface area contributed by atoms with Gasteiger partial charge in [-0.3, -0.25) is 4.39 Å². The lowest BCUT2D eigenvalue weighted by atomic mass is 9.98. The fraction of sp³-hybridized carbons (Fsp3) is 0.957. The molecule has 1 rings (SSSR count). The van der Waals surface area contributed by atoms with E-state index < -0.39 is 6.67 Å². The number of hydrogen-bond acceptors (Lipinski definition) is 2. The van der Waals surface area contributed by atoms with Gasteiger partial charge in [0.2, 0.25) is 0 Å². The summed E-state index contributed by atoms with van der Waals surface area (Å²) in [5.74, 6) is -0.353. The number of alkyl halides is 1. The van der Waals surface area contributed by atoms with E-state index in [9.17, 15) is 9.18 Å². The van der Waals surface area contributed by atoms with Crippen LogP contribution in [-0.2, 0) is 9.53 Å². The molecule has 0 aromatic carbocycles. The van der Waals surface area contributed by atoms with Crippen LogP contribution in [0.2, 0.25) is 0 Å². The predicted molar refractivity (Wildman–Crippen MR) is 108 cm³/mol. The molecule has 1 saturated carbocycles. The molecule has 1 fully saturated rings. The van der Waals surface area contributed by atoms with Crippen LogP contribution in [0.1, 0.15) is 116 Å². The second-order valence-corrected chi connectivity index (χ2v) is 8.21. The van der Waals surface area contributed by atoms with Crippen molar-refractivity contribution < 1.29 is 13.9 Å². The Balaban J connectivity index is 1.70. The smallest absolute Gasteiger partial charge is 0.125 e. The monoisotopic (exact) mass is 370 g/mol. The Bertz CT molecular complexity index is 303. The highest BCUT2D eigenvalue weighted by molar-refractivity contribution is 5.53. The molecular weight excluding hydrogens is 327 g/mol. The van der Waals surface area contributed by atoms with Crippen LogP contribution in [-0.4, -0.2) is 25.7 Å². The molecule has 0 aromatic heterocycles. The number of ether oxygens (including phenoxy) is 1. The summed E-state index contributed by atoms with van der Waals surface area (Å²) in [6, 6.07) is 0. The molecule has 3 heteroatoms. The topological polar surface area (TPSA) is 26.3 Å². The Morgan fingerprint density at radius 2 is 1.27 bits per heavy atom. The van der Waals surface area contributed by atoms with E-state index in [0.29, 0.717) is 6.10 Å². The Morgan fingerprint density at radius 1 is 0.769 bits per heavy atom. The van der Waals surface area contributed by atoms with Crippen LogP contribution in [0.3, 0.4) is 0 Å². The van der Waals surface area contributed by atoms with E-state index in [2.05, 4.69) is 0 Å². The molecule has 2 nitrogen and oxygen atoms in total. The normalized spacial score (nSPS) is 16.7. The first-order valence-electron chi connectivity index (χ1n) is 11.5. The lowest BCUT2D eigenvalue weighted by molar-refractivity contribution is -0.111. The van der Waals surface area contributed by atoms with Crippen molar-refractivity contribution in [1.82, 2.24) is 0 Å². The van der Waals surface area contributed by atoms with Gasteiger partial charge < -0.3 is 9.53 Å². The number of carbonyl (C=O) groups is 1. The van der Waals surface area contributed by atoms with Crippen molar-refractivity contribution in [3.05, 3.63) is 0 Å². The van der Waals surface area contributed by atoms with Crippen LogP contribution < -0.4 is 0 Å². The number of unbranched alkanes of at least 4 members (excludes halogenated alkanes) is 11. The number of aldehydes is 1. The first-order chi connectivity index (χ1) is 12.9. The molecule has 1 aliphatic carbocycles. The molecule has 26 heavy (non-hydrogen) atoms. The first-order valence-corrected chi connectivity index (χ1v) is 11.5. The zero-order valence-corrected chi connectivity index (χ0v) is 17.1. The molecule has 0 N–H and O–H groups in total. The van der Waals surface area contributed by atoms with Gasteiger partial charge in [0.15, 0.2) is 0 Å². The Morgan fingerprint density at radius 3 is 1.77 bits per heavy atom. The summed E-state index contributed by atoms with van der Waals surface area (Å²) >= 11 is 0. The summed E-state index contributed by atoms with van der Waals surface area (Å²) in [6.45, 7) is 0.487. The maximum absolute atomic E-state index is 12.4. The van der Waals surface area contributed by atoms with Gasteiger partial charge in [0, 0.05) is 12.5 Å². The highest BCUT2D eigenvalue weighted by atomic mass is 19.1. The summed E-state index contributed by atoms with van der Waals surface area (Å²) in [6.07, 6.45) is 24.2. The Kier molecular flexibility index (Phi) is 16.3. The molecule has 1 aliphatic rings. The number of rotatable bonds is 18. The predicted octanol–water partition coefficient (Wildman–Crippen LogP) is 7.19. The zero-order valence-electron chi connectivity index (χ0n) is 17.1. The summed E-state index contributed by atoms with van der Waals surface area (Å²) in [5.41, 5.74) is 0. The maximum Gasteiger partial charge on any atom is 0.125 e. The van der Waals surface area contributed by atoms with E-state index >= 15 is 0 Å². The largest absolute Gasteiger partial charge is 0.378 e. The second kappa shape index (κ2) is 17.9. The molecular formula is C23H43FO2. The molecule has 1 unspecified atom stereocenters. The van der Waals surface area contributed by atoms with Crippen molar-refractivity contribution in [2.45, 2.75) is 122 Å². The third kappa shape index (κ3) is 13.7. The zero-order chi connectivity index (χ0) is 18.7. The summed E-state index contributed by atoms with van der Waals surface area (Å²) in [7, 11) is 0. The van der Waals surface area contributed by atoms with Crippen molar-refractivity contribution >= 4 is 6.29 Å². The van der Waals surface area contributed by atoms with Gasteiger partial charge in [-0.1, -0.05) is 89.9 Å². The average Bonchev–Trinajstić information content (AvgIpc) is 2.68. The van der Waals surface area contributed by atoms with Gasteiger partial charge in [-0.05, 0) is 25.7 Å². The second-order valence-electron chi connectivity index (χ2n) is 8.21. The van der Waals surface area contributed by atoms with E-state index in [-0.39, 0.29) is 5.92 Å². The molecule has 0 aliphatic heterocycles. The van der Waals surface area contributed by atoms with Crippen molar-refractivity contribution in [1.29, 1.82) is 0 Å². The van der Waals surface area contributed by atoms with E-state index in [1.165, 1.54) is 96.3 Å². The SMILES string of the molecule is O=CC(CF)CCCCCCCCCCCCCCOC1CCCCC1. The van der Waals surface area contributed by atoms with Crippen LogP contribution in [0.4, 0.5) is 4.39 Å². The number of carbonyl (C=O) groups excluding carboxylic acids is 1. The molecule has 0 heterocycles. The lowest BCUT2D eigenvalue weighted by Crippen LogP contribution is -2.17. The van der Waals surface area contributed by atoms with Crippen molar-refractivity contribution in [3.8, 4) is 0 Å². The van der Waals surface area contributed by atoms with Crippen molar-refractivity contribution in [2.75, 3.05) is 13.3 Å². The van der Waals surface area contributed by atoms with Gasteiger partial charge in [-0.25, -0.2) is 0 Å². The maximum atomic E-state index is 12.4. The molecule has 0 spiro atoms. The van der Waals surface area contributed by atoms with Crippen LogP contribution in [0.5, 0.6) is 0 Å². The van der Waals surface area contributed by atoms with Gasteiger partial charge in [0.25, 0.3) is 0 Å². The van der Waals surface area contributed by atoms with Crippen LogP contribution in [0, 0.1) is 5.92 Å². The minimum Gasteiger partial charge on any atom is -0.378 e.